The van der Waals surface area contributed by atoms with E-state index in [1.54, 1.807) is 12.1 Å². The number of para-hydroxylation sites is 2. The molecule has 0 bridgehead atoms. The Labute approximate surface area is 154 Å². The van der Waals surface area contributed by atoms with Crippen LogP contribution in [0.4, 0.5) is 5.13 Å². The van der Waals surface area contributed by atoms with E-state index in [0.29, 0.717) is 21.0 Å². The first kappa shape index (κ1) is 15.2. The van der Waals surface area contributed by atoms with Crippen molar-refractivity contribution in [2.45, 2.75) is 0 Å². The molecule has 0 atom stereocenters. The molecule has 2 aromatic carbocycles. The molecule has 126 valence electrons. The first-order chi connectivity index (χ1) is 12.7. The van der Waals surface area contributed by atoms with Gasteiger partial charge in [0.1, 0.15) is 5.58 Å². The molecule has 26 heavy (non-hydrogen) atoms. The summed E-state index contributed by atoms with van der Waals surface area (Å²) in [7, 11) is 0. The van der Waals surface area contributed by atoms with Crippen molar-refractivity contribution in [1.29, 1.82) is 0 Å². The van der Waals surface area contributed by atoms with Crippen molar-refractivity contribution in [1.82, 2.24) is 4.98 Å². The van der Waals surface area contributed by atoms with Crippen LogP contribution in [0.5, 0.6) is 0 Å². The largest absolute Gasteiger partial charge is 0.422 e. The third kappa shape index (κ3) is 2.40. The van der Waals surface area contributed by atoms with Crippen molar-refractivity contribution >= 4 is 65.0 Å². The number of hydrogen-bond donors (Lipinski definition) is 1. The van der Waals surface area contributed by atoms with Gasteiger partial charge in [-0.05, 0) is 30.3 Å². The van der Waals surface area contributed by atoms with E-state index in [-0.39, 0.29) is 5.91 Å². The molecular weight excluding hydrogens is 368 g/mol. The second-order valence-electron chi connectivity index (χ2n) is 5.68. The molecule has 0 aliphatic heterocycles. The van der Waals surface area contributed by atoms with Crippen LogP contribution in [-0.2, 0) is 0 Å². The highest BCUT2D eigenvalue weighted by Gasteiger charge is 2.17. The maximum absolute atomic E-state index is 12.6. The number of carbonyl (C=O) groups is 1. The highest BCUT2D eigenvalue weighted by molar-refractivity contribution is 7.23. The first-order valence-electron chi connectivity index (χ1n) is 7.81. The molecule has 5 rings (SSSR count). The zero-order chi connectivity index (χ0) is 17.7. The van der Waals surface area contributed by atoms with Gasteiger partial charge in [-0.2, -0.15) is 0 Å². The second-order valence-corrected chi connectivity index (χ2v) is 7.76. The van der Waals surface area contributed by atoms with Crippen molar-refractivity contribution in [3.63, 3.8) is 0 Å². The van der Waals surface area contributed by atoms with Crippen LogP contribution in [0.1, 0.15) is 9.67 Å². The number of thiophene rings is 1. The van der Waals surface area contributed by atoms with Gasteiger partial charge in [-0.1, -0.05) is 35.6 Å². The van der Waals surface area contributed by atoms with Gasteiger partial charge in [-0.15, -0.1) is 11.3 Å². The maximum atomic E-state index is 12.6. The summed E-state index contributed by atoms with van der Waals surface area (Å²) in [5.41, 5.74) is 0.926. The van der Waals surface area contributed by atoms with E-state index in [0.717, 1.165) is 20.3 Å². The van der Waals surface area contributed by atoms with Gasteiger partial charge < -0.3 is 4.42 Å². The van der Waals surface area contributed by atoms with Gasteiger partial charge in [-0.25, -0.2) is 9.78 Å². The minimum Gasteiger partial charge on any atom is -0.422 e. The van der Waals surface area contributed by atoms with E-state index in [1.807, 2.05) is 42.5 Å². The summed E-state index contributed by atoms with van der Waals surface area (Å²) in [6.07, 6.45) is 0. The fourth-order valence-corrected chi connectivity index (χ4v) is 4.77. The molecular formula is C19H10N2O3S2. The van der Waals surface area contributed by atoms with Crippen LogP contribution in [0.3, 0.4) is 0 Å². The minimum absolute atomic E-state index is 0.284. The molecule has 5 nitrogen and oxygen atoms in total. The number of benzene rings is 2. The predicted molar refractivity (Wildman–Crippen MR) is 105 cm³/mol. The van der Waals surface area contributed by atoms with Gasteiger partial charge in [0.05, 0.1) is 25.2 Å². The molecule has 7 heteroatoms. The Bertz CT molecular complexity index is 1330. The van der Waals surface area contributed by atoms with Gasteiger partial charge in [0.2, 0.25) is 0 Å². The van der Waals surface area contributed by atoms with Gasteiger partial charge in [0.15, 0.2) is 5.13 Å². The fraction of sp³-hybridized carbons (Fsp3) is 0. The summed E-state index contributed by atoms with van der Waals surface area (Å²) in [6.45, 7) is 0. The minimum atomic E-state index is -0.436. The average Bonchev–Trinajstić information content (AvgIpc) is 3.26. The summed E-state index contributed by atoms with van der Waals surface area (Å²) in [5, 5.41) is 4.60. The van der Waals surface area contributed by atoms with Crippen molar-refractivity contribution in [2.75, 3.05) is 5.32 Å². The monoisotopic (exact) mass is 378 g/mol. The van der Waals surface area contributed by atoms with E-state index in [9.17, 15) is 9.59 Å². The van der Waals surface area contributed by atoms with E-state index >= 15 is 0 Å². The maximum Gasteiger partial charge on any atom is 0.345 e. The molecule has 1 N–H and O–H groups in total. The van der Waals surface area contributed by atoms with Crippen LogP contribution < -0.4 is 10.9 Å². The van der Waals surface area contributed by atoms with Crippen LogP contribution >= 0.6 is 22.7 Å². The topological polar surface area (TPSA) is 72.2 Å². The number of amides is 1. The smallest absolute Gasteiger partial charge is 0.345 e. The van der Waals surface area contributed by atoms with Crippen LogP contribution in [0, 0.1) is 0 Å². The van der Waals surface area contributed by atoms with Crippen LogP contribution in [-0.4, -0.2) is 10.9 Å². The third-order valence-electron chi connectivity index (χ3n) is 4.02. The highest BCUT2D eigenvalue weighted by Crippen LogP contribution is 2.31. The number of thiazole rings is 1. The Balaban J connectivity index is 1.57. The summed E-state index contributed by atoms with van der Waals surface area (Å²) in [4.78, 5) is 29.7. The van der Waals surface area contributed by atoms with Gasteiger partial charge in [0, 0.05) is 5.39 Å². The average molecular weight is 378 g/mol. The fourth-order valence-electron chi connectivity index (χ4n) is 2.84. The summed E-state index contributed by atoms with van der Waals surface area (Å²) in [5.74, 6) is -0.284. The molecule has 0 saturated heterocycles. The molecule has 0 aliphatic carbocycles. The van der Waals surface area contributed by atoms with Gasteiger partial charge >= 0.3 is 5.63 Å². The molecule has 0 saturated carbocycles. The standard InChI is InChI=1S/C19H10N2O3S2/c22-17(21-19-20-12-6-2-4-8-14(12)26-19)15-9-11-16(25-15)10-5-1-3-7-13(10)24-18(11)23/h1-9H,(H,20,21,22). The molecule has 3 aromatic heterocycles. The second kappa shape index (κ2) is 5.76. The number of hydrogen-bond acceptors (Lipinski definition) is 6. The molecule has 0 radical (unpaired) electrons. The van der Waals surface area contributed by atoms with Gasteiger partial charge in [0.25, 0.3) is 5.91 Å². The van der Waals surface area contributed by atoms with E-state index < -0.39 is 5.63 Å². The number of aromatic nitrogens is 1. The summed E-state index contributed by atoms with van der Waals surface area (Å²) >= 11 is 2.69. The Morgan fingerprint density at radius 2 is 1.81 bits per heavy atom. The molecule has 5 aromatic rings. The number of carbonyl (C=O) groups excluding carboxylic acids is 1. The van der Waals surface area contributed by atoms with E-state index in [4.69, 9.17) is 4.42 Å². The molecule has 1 amide bonds. The lowest BCUT2D eigenvalue weighted by Crippen LogP contribution is -2.09. The van der Waals surface area contributed by atoms with Crippen molar-refractivity contribution in [3.8, 4) is 0 Å². The number of nitrogens with zero attached hydrogens (tertiary/aromatic N) is 1. The van der Waals surface area contributed by atoms with E-state index in [2.05, 4.69) is 10.3 Å². The van der Waals surface area contributed by atoms with Crippen LogP contribution in [0.25, 0.3) is 31.3 Å². The number of nitrogens with one attached hydrogen (secondary N) is 1. The van der Waals surface area contributed by atoms with Crippen LogP contribution in [0.15, 0.2) is 63.8 Å². The molecule has 0 aliphatic rings. The Hall–Kier alpha value is -3.03. The zero-order valence-corrected chi connectivity index (χ0v) is 14.8. The molecule has 3 heterocycles. The third-order valence-corrected chi connectivity index (χ3v) is 6.14. The highest BCUT2D eigenvalue weighted by atomic mass is 32.1. The molecule has 0 spiro atoms. The van der Waals surface area contributed by atoms with Crippen LogP contribution in [0.2, 0.25) is 0 Å². The predicted octanol–water partition coefficient (Wildman–Crippen LogP) is 4.87. The van der Waals surface area contributed by atoms with Crippen molar-refractivity contribution in [3.05, 3.63) is 69.9 Å². The lowest BCUT2D eigenvalue weighted by molar-refractivity contribution is 0.103. The number of rotatable bonds is 2. The number of anilines is 1. The number of fused-ring (bicyclic) bond motifs is 4. The molecule has 0 unspecified atom stereocenters. The Morgan fingerprint density at radius 1 is 1.00 bits per heavy atom. The Kier molecular flexibility index (Phi) is 3.37. The lowest BCUT2D eigenvalue weighted by Gasteiger charge is -1.97. The lowest BCUT2D eigenvalue weighted by atomic mass is 10.2. The SMILES string of the molecule is O=C(Nc1nc2ccccc2s1)c1cc2c(=O)oc3ccccc3c2s1. The normalized spacial score (nSPS) is 11.4. The zero-order valence-electron chi connectivity index (χ0n) is 13.2. The quantitative estimate of drug-likeness (QED) is 0.445. The molecule has 0 fully saturated rings. The first-order valence-corrected chi connectivity index (χ1v) is 9.45. The summed E-state index contributed by atoms with van der Waals surface area (Å²) < 4.78 is 7.10. The van der Waals surface area contributed by atoms with Crippen molar-refractivity contribution in [2.24, 2.45) is 0 Å². The Morgan fingerprint density at radius 3 is 2.69 bits per heavy atom. The van der Waals surface area contributed by atoms with Gasteiger partial charge in [-0.3, -0.25) is 10.1 Å². The summed E-state index contributed by atoms with van der Waals surface area (Å²) in [6, 6.07) is 16.6. The van der Waals surface area contributed by atoms with Crippen molar-refractivity contribution < 1.29 is 9.21 Å². The van der Waals surface area contributed by atoms with E-state index in [1.165, 1.54) is 22.7 Å².